The summed E-state index contributed by atoms with van der Waals surface area (Å²) >= 11 is 3.57. The third-order valence-electron chi connectivity index (χ3n) is 3.50. The van der Waals surface area contributed by atoms with Gasteiger partial charge in [0.1, 0.15) is 0 Å². The van der Waals surface area contributed by atoms with Crippen molar-refractivity contribution in [2.75, 3.05) is 11.9 Å². The van der Waals surface area contributed by atoms with E-state index in [1.54, 1.807) is 0 Å². The van der Waals surface area contributed by atoms with Gasteiger partial charge < -0.3 is 0 Å². The van der Waals surface area contributed by atoms with Crippen molar-refractivity contribution in [1.82, 2.24) is 9.88 Å². The summed E-state index contributed by atoms with van der Waals surface area (Å²) in [6, 6.07) is 7.06. The zero-order valence-electron chi connectivity index (χ0n) is 10.5. The molecule has 0 N–H and O–H groups in total. The number of piperidine rings is 1. The summed E-state index contributed by atoms with van der Waals surface area (Å²) in [5, 5.41) is 1.11. The lowest BCUT2D eigenvalue weighted by Gasteiger charge is -2.35. The minimum atomic E-state index is 0.741. The first-order valence-electron chi connectivity index (χ1n) is 6.52. The molecular weight excluding hydrogens is 276 g/mol. The van der Waals surface area contributed by atoms with Crippen LogP contribution in [0.5, 0.6) is 0 Å². The van der Waals surface area contributed by atoms with Gasteiger partial charge in [-0.05, 0) is 44.9 Å². The Kier molecular flexibility index (Phi) is 4.99. The van der Waals surface area contributed by atoms with Crippen LogP contribution in [0.2, 0.25) is 0 Å². The summed E-state index contributed by atoms with van der Waals surface area (Å²) in [6.45, 7) is 4.31. The maximum absolute atomic E-state index is 4.61. The van der Waals surface area contributed by atoms with Crippen LogP contribution in [0, 0.1) is 6.92 Å². The van der Waals surface area contributed by atoms with Crippen molar-refractivity contribution >= 4 is 15.9 Å². The molecule has 2 heterocycles. The van der Waals surface area contributed by atoms with E-state index in [-0.39, 0.29) is 0 Å². The number of aromatic nitrogens is 1. The highest BCUT2D eigenvalue weighted by Gasteiger charge is 2.21. The summed E-state index contributed by atoms with van der Waals surface area (Å²) < 4.78 is 0. The molecular formula is C14H21BrN2. The van der Waals surface area contributed by atoms with E-state index in [1.165, 1.54) is 37.9 Å². The van der Waals surface area contributed by atoms with Gasteiger partial charge in [0.2, 0.25) is 0 Å². The van der Waals surface area contributed by atoms with Gasteiger partial charge in [-0.15, -0.1) is 0 Å². The standard InChI is InChI=1S/C14H21BrN2/c1-12-5-4-6-13(16-12)11-17-10-3-2-7-14(17)8-9-15/h4-6,14H,2-3,7-11H2,1H3. The topological polar surface area (TPSA) is 16.1 Å². The molecule has 1 saturated heterocycles. The van der Waals surface area contributed by atoms with Gasteiger partial charge in [0, 0.05) is 23.6 Å². The van der Waals surface area contributed by atoms with Crippen LogP contribution in [0.1, 0.15) is 37.1 Å². The first-order valence-corrected chi connectivity index (χ1v) is 7.64. The van der Waals surface area contributed by atoms with E-state index in [9.17, 15) is 0 Å². The number of hydrogen-bond acceptors (Lipinski definition) is 2. The van der Waals surface area contributed by atoms with Crippen LogP contribution in [0.15, 0.2) is 18.2 Å². The maximum atomic E-state index is 4.61. The first-order chi connectivity index (χ1) is 8.29. The second-order valence-corrected chi connectivity index (χ2v) is 5.66. The van der Waals surface area contributed by atoms with Crippen molar-refractivity contribution in [3.8, 4) is 0 Å². The van der Waals surface area contributed by atoms with Gasteiger partial charge in [-0.25, -0.2) is 0 Å². The van der Waals surface area contributed by atoms with Crippen LogP contribution < -0.4 is 0 Å². The molecule has 0 aromatic carbocycles. The summed E-state index contributed by atoms with van der Waals surface area (Å²) in [7, 11) is 0. The fourth-order valence-corrected chi connectivity index (χ4v) is 3.15. The van der Waals surface area contributed by atoms with Crippen LogP contribution in [0.3, 0.4) is 0 Å². The van der Waals surface area contributed by atoms with Crippen molar-refractivity contribution in [2.45, 2.75) is 45.2 Å². The van der Waals surface area contributed by atoms with Crippen LogP contribution in [0.4, 0.5) is 0 Å². The fourth-order valence-electron chi connectivity index (χ4n) is 2.62. The monoisotopic (exact) mass is 296 g/mol. The molecule has 94 valence electrons. The number of aryl methyl sites for hydroxylation is 1. The number of hydrogen-bond donors (Lipinski definition) is 0. The van der Waals surface area contributed by atoms with Crippen LogP contribution in [-0.2, 0) is 6.54 Å². The van der Waals surface area contributed by atoms with Crippen molar-refractivity contribution < 1.29 is 0 Å². The molecule has 2 rings (SSSR count). The average molecular weight is 297 g/mol. The zero-order chi connectivity index (χ0) is 12.1. The highest BCUT2D eigenvalue weighted by atomic mass is 79.9. The number of alkyl halides is 1. The Balaban J connectivity index is 2.00. The van der Waals surface area contributed by atoms with Crippen molar-refractivity contribution in [3.63, 3.8) is 0 Å². The molecule has 1 fully saturated rings. The Bertz CT molecular complexity index is 352. The van der Waals surface area contributed by atoms with Crippen LogP contribution in [-0.4, -0.2) is 27.8 Å². The normalized spacial score (nSPS) is 21.6. The van der Waals surface area contributed by atoms with Gasteiger partial charge in [0.25, 0.3) is 0 Å². The molecule has 3 heteroatoms. The number of nitrogens with zero attached hydrogens (tertiary/aromatic N) is 2. The second-order valence-electron chi connectivity index (χ2n) is 4.87. The van der Waals surface area contributed by atoms with E-state index in [1.807, 2.05) is 0 Å². The zero-order valence-corrected chi connectivity index (χ0v) is 12.1. The second kappa shape index (κ2) is 6.50. The minimum Gasteiger partial charge on any atom is -0.295 e. The van der Waals surface area contributed by atoms with Crippen LogP contribution in [0.25, 0.3) is 0 Å². The van der Waals surface area contributed by atoms with Crippen molar-refractivity contribution in [3.05, 3.63) is 29.6 Å². The maximum Gasteiger partial charge on any atom is 0.0547 e. The average Bonchev–Trinajstić information content (AvgIpc) is 2.32. The Labute approximate surface area is 113 Å². The van der Waals surface area contributed by atoms with Crippen molar-refractivity contribution in [2.24, 2.45) is 0 Å². The fraction of sp³-hybridized carbons (Fsp3) is 0.643. The Hall–Kier alpha value is -0.410. The Morgan fingerprint density at radius 3 is 3.06 bits per heavy atom. The summed E-state index contributed by atoms with van der Waals surface area (Å²) in [5.74, 6) is 0. The van der Waals surface area contributed by atoms with Gasteiger partial charge in [-0.2, -0.15) is 0 Å². The minimum absolute atomic E-state index is 0.741. The smallest absolute Gasteiger partial charge is 0.0547 e. The lowest BCUT2D eigenvalue weighted by Crippen LogP contribution is -2.39. The summed E-state index contributed by atoms with van der Waals surface area (Å²) in [6.07, 6.45) is 5.32. The SMILES string of the molecule is Cc1cccc(CN2CCCCC2CCBr)n1. The first kappa shape index (κ1) is 13.0. The molecule has 2 nitrogen and oxygen atoms in total. The number of halogens is 1. The molecule has 0 saturated carbocycles. The van der Waals surface area contributed by atoms with Gasteiger partial charge in [0.05, 0.1) is 5.69 Å². The third kappa shape index (κ3) is 3.78. The van der Waals surface area contributed by atoms with E-state index in [0.29, 0.717) is 0 Å². The molecule has 0 radical (unpaired) electrons. The lowest BCUT2D eigenvalue weighted by atomic mass is 10.00. The number of pyridine rings is 1. The van der Waals surface area contributed by atoms with Crippen LogP contribution >= 0.6 is 15.9 Å². The molecule has 17 heavy (non-hydrogen) atoms. The summed E-state index contributed by atoms with van der Waals surface area (Å²) in [4.78, 5) is 7.21. The number of likely N-dealkylation sites (tertiary alicyclic amines) is 1. The molecule has 0 aliphatic carbocycles. The quantitative estimate of drug-likeness (QED) is 0.790. The molecule has 0 spiro atoms. The molecule has 1 aromatic rings. The van der Waals surface area contributed by atoms with E-state index in [4.69, 9.17) is 0 Å². The van der Waals surface area contributed by atoms with Gasteiger partial charge in [-0.3, -0.25) is 9.88 Å². The largest absolute Gasteiger partial charge is 0.295 e. The lowest BCUT2D eigenvalue weighted by molar-refractivity contribution is 0.135. The molecule has 1 aliphatic heterocycles. The molecule has 0 bridgehead atoms. The Morgan fingerprint density at radius 2 is 2.29 bits per heavy atom. The van der Waals surface area contributed by atoms with Gasteiger partial charge in [0.15, 0.2) is 0 Å². The highest BCUT2D eigenvalue weighted by Crippen LogP contribution is 2.22. The van der Waals surface area contributed by atoms with Gasteiger partial charge >= 0.3 is 0 Å². The predicted molar refractivity (Wildman–Crippen MR) is 75.4 cm³/mol. The molecule has 1 atom stereocenters. The van der Waals surface area contributed by atoms with E-state index in [0.717, 1.165) is 23.6 Å². The van der Waals surface area contributed by atoms with E-state index < -0.39 is 0 Å². The third-order valence-corrected chi connectivity index (χ3v) is 3.96. The summed E-state index contributed by atoms with van der Waals surface area (Å²) in [5.41, 5.74) is 2.34. The van der Waals surface area contributed by atoms with Gasteiger partial charge in [-0.1, -0.05) is 28.4 Å². The molecule has 0 amide bonds. The molecule has 1 aliphatic rings. The van der Waals surface area contributed by atoms with Crippen molar-refractivity contribution in [1.29, 1.82) is 0 Å². The predicted octanol–water partition coefficient (Wildman–Crippen LogP) is 3.53. The highest BCUT2D eigenvalue weighted by molar-refractivity contribution is 9.09. The Morgan fingerprint density at radius 1 is 1.41 bits per heavy atom. The number of rotatable bonds is 4. The van der Waals surface area contributed by atoms with E-state index in [2.05, 4.69) is 50.9 Å². The molecule has 1 aromatic heterocycles. The van der Waals surface area contributed by atoms with E-state index >= 15 is 0 Å². The molecule has 1 unspecified atom stereocenters.